The van der Waals surface area contributed by atoms with E-state index in [9.17, 15) is 21.6 Å². The molecule has 0 aromatic heterocycles. The molecule has 0 fully saturated rings. The molecule has 0 spiro atoms. The fraction of sp³-hybridized carbons (Fsp3) is 0.684. The van der Waals surface area contributed by atoms with Crippen LogP contribution in [0.1, 0.15) is 44.2 Å². The molecule has 0 saturated heterocycles. The Morgan fingerprint density at radius 3 is 1.82 bits per heavy atom. The molecule has 0 N–H and O–H groups in total. The molecule has 1 heterocycles. The lowest BCUT2D eigenvalue weighted by atomic mass is 10.0. The lowest BCUT2D eigenvalue weighted by molar-refractivity contribution is -0.130. The fourth-order valence-corrected chi connectivity index (χ4v) is 4.50. The van der Waals surface area contributed by atoms with E-state index in [1.54, 1.807) is 0 Å². The van der Waals surface area contributed by atoms with Crippen LogP contribution in [0.5, 0.6) is 11.5 Å². The molecule has 1 aromatic rings. The van der Waals surface area contributed by atoms with Gasteiger partial charge in [0.2, 0.25) is 10.0 Å². The Kier molecular flexibility index (Phi) is 8.00. The molecule has 0 radical (unpaired) electrons. The highest BCUT2D eigenvalue weighted by molar-refractivity contribution is 7.89. The van der Waals surface area contributed by atoms with Crippen molar-refractivity contribution in [1.82, 2.24) is 4.31 Å². The molecule has 2 rings (SSSR count). The minimum atomic E-state index is -4.49. The highest BCUT2D eigenvalue weighted by atomic mass is 32.2. The first kappa shape index (κ1) is 22.8. The van der Waals surface area contributed by atoms with E-state index in [0.29, 0.717) is 37.6 Å². The average Bonchev–Trinajstić information content (AvgIpc) is 2.84. The number of benzene rings is 1. The maximum Gasteiger partial charge on any atom is 0.390 e. The van der Waals surface area contributed by atoms with Crippen LogP contribution >= 0.6 is 0 Å². The van der Waals surface area contributed by atoms with E-state index in [-0.39, 0.29) is 13.1 Å². The number of rotatable bonds is 9. The Labute approximate surface area is 164 Å². The molecule has 0 amide bonds. The Hall–Kier alpha value is -1.48. The molecule has 1 aliphatic rings. The SMILES string of the molecule is CCCOc1cc2c(cc1OCCC)CCN(S(=O)(=O)CCC(F)(F)F)CC2. The summed E-state index contributed by atoms with van der Waals surface area (Å²) in [5.41, 5.74) is 1.90. The van der Waals surface area contributed by atoms with Gasteiger partial charge in [-0.05, 0) is 48.9 Å². The van der Waals surface area contributed by atoms with E-state index in [1.165, 1.54) is 0 Å². The summed E-state index contributed by atoms with van der Waals surface area (Å²) in [5, 5.41) is 0. The van der Waals surface area contributed by atoms with Crippen molar-refractivity contribution in [3.8, 4) is 11.5 Å². The predicted octanol–water partition coefficient (Wildman–Crippen LogP) is 3.95. The standard InChI is InChI=1S/C19H28F3NO4S/c1-3-10-26-17-13-15-5-8-23(28(24,25)12-7-19(20,21)22)9-6-16(15)14-18(17)27-11-4-2/h13-14H,3-12H2,1-2H3. The van der Waals surface area contributed by atoms with Crippen LogP contribution in [0.25, 0.3) is 0 Å². The number of hydrogen-bond acceptors (Lipinski definition) is 4. The van der Waals surface area contributed by atoms with Crippen LogP contribution in [0.15, 0.2) is 12.1 Å². The molecule has 0 saturated carbocycles. The number of halogens is 3. The van der Waals surface area contributed by atoms with Crippen LogP contribution in [0.4, 0.5) is 13.2 Å². The lowest BCUT2D eigenvalue weighted by Crippen LogP contribution is -2.36. The van der Waals surface area contributed by atoms with Crippen molar-refractivity contribution in [3.05, 3.63) is 23.3 Å². The third-order valence-corrected chi connectivity index (χ3v) is 6.36. The van der Waals surface area contributed by atoms with Gasteiger partial charge in [0, 0.05) is 13.1 Å². The van der Waals surface area contributed by atoms with Gasteiger partial charge < -0.3 is 9.47 Å². The minimum Gasteiger partial charge on any atom is -0.490 e. The van der Waals surface area contributed by atoms with Crippen LogP contribution in [-0.2, 0) is 22.9 Å². The summed E-state index contributed by atoms with van der Waals surface area (Å²) >= 11 is 0. The predicted molar refractivity (Wildman–Crippen MR) is 101 cm³/mol. The van der Waals surface area contributed by atoms with E-state index in [4.69, 9.17) is 9.47 Å². The van der Waals surface area contributed by atoms with Gasteiger partial charge in [0.1, 0.15) is 0 Å². The van der Waals surface area contributed by atoms with Gasteiger partial charge in [-0.2, -0.15) is 13.2 Å². The molecule has 0 unspecified atom stereocenters. The topological polar surface area (TPSA) is 55.8 Å². The molecular weight excluding hydrogens is 395 g/mol. The van der Waals surface area contributed by atoms with Gasteiger partial charge in [0.25, 0.3) is 0 Å². The summed E-state index contributed by atoms with van der Waals surface area (Å²) in [6.07, 6.45) is -3.28. The van der Waals surface area contributed by atoms with Crippen molar-refractivity contribution in [2.24, 2.45) is 0 Å². The summed E-state index contributed by atoms with van der Waals surface area (Å²) in [7, 11) is -3.96. The number of nitrogens with zero attached hydrogens (tertiary/aromatic N) is 1. The number of alkyl halides is 3. The van der Waals surface area contributed by atoms with E-state index >= 15 is 0 Å². The van der Waals surface area contributed by atoms with Crippen LogP contribution in [0.2, 0.25) is 0 Å². The van der Waals surface area contributed by atoms with Gasteiger partial charge in [-0.3, -0.25) is 0 Å². The lowest BCUT2D eigenvalue weighted by Gasteiger charge is -2.20. The smallest absolute Gasteiger partial charge is 0.390 e. The fourth-order valence-electron chi connectivity index (χ4n) is 3.01. The largest absolute Gasteiger partial charge is 0.490 e. The molecular formula is C19H28F3NO4S. The van der Waals surface area contributed by atoms with Crippen molar-refractivity contribution < 1.29 is 31.1 Å². The summed E-state index contributed by atoms with van der Waals surface area (Å²) in [4.78, 5) is 0. The van der Waals surface area contributed by atoms with Crippen molar-refractivity contribution in [1.29, 1.82) is 0 Å². The number of hydrogen-bond donors (Lipinski definition) is 0. The second kappa shape index (κ2) is 9.82. The number of ether oxygens (including phenoxy) is 2. The molecule has 0 atom stereocenters. The van der Waals surface area contributed by atoms with Crippen molar-refractivity contribution in [2.75, 3.05) is 32.1 Å². The molecule has 0 aliphatic carbocycles. The molecule has 1 aromatic carbocycles. The summed E-state index contributed by atoms with van der Waals surface area (Å²) in [6, 6.07) is 3.75. The van der Waals surface area contributed by atoms with Crippen molar-refractivity contribution in [3.63, 3.8) is 0 Å². The maximum atomic E-state index is 12.4. The number of fused-ring (bicyclic) bond motifs is 1. The zero-order chi connectivity index (χ0) is 20.8. The quantitative estimate of drug-likeness (QED) is 0.604. The molecule has 0 bridgehead atoms. The third kappa shape index (κ3) is 6.55. The Balaban J connectivity index is 2.17. The van der Waals surface area contributed by atoms with Crippen LogP contribution in [-0.4, -0.2) is 51.0 Å². The molecule has 160 valence electrons. The normalized spacial score (nSPS) is 15.8. The van der Waals surface area contributed by atoms with Gasteiger partial charge >= 0.3 is 6.18 Å². The van der Waals surface area contributed by atoms with Crippen LogP contribution in [0.3, 0.4) is 0 Å². The summed E-state index contributed by atoms with van der Waals surface area (Å²) < 4.78 is 74.7. The number of sulfonamides is 1. The van der Waals surface area contributed by atoms with E-state index in [0.717, 1.165) is 28.3 Å². The third-order valence-electron chi connectivity index (χ3n) is 4.49. The highest BCUT2D eigenvalue weighted by Gasteiger charge is 2.33. The second-order valence-electron chi connectivity index (χ2n) is 6.84. The van der Waals surface area contributed by atoms with Crippen molar-refractivity contribution >= 4 is 10.0 Å². The summed E-state index contributed by atoms with van der Waals surface area (Å²) in [5.74, 6) is 0.340. The van der Waals surface area contributed by atoms with Gasteiger partial charge in [-0.25, -0.2) is 12.7 Å². The van der Waals surface area contributed by atoms with E-state index < -0.39 is 28.4 Å². The first-order valence-corrected chi connectivity index (χ1v) is 11.2. The van der Waals surface area contributed by atoms with Gasteiger partial charge in [0.05, 0.1) is 25.4 Å². The Morgan fingerprint density at radius 1 is 0.964 bits per heavy atom. The monoisotopic (exact) mass is 423 g/mol. The molecule has 28 heavy (non-hydrogen) atoms. The van der Waals surface area contributed by atoms with Crippen LogP contribution in [0, 0.1) is 0 Å². The average molecular weight is 423 g/mol. The zero-order valence-electron chi connectivity index (χ0n) is 16.3. The van der Waals surface area contributed by atoms with Gasteiger partial charge in [-0.1, -0.05) is 13.8 Å². The first-order chi connectivity index (χ1) is 13.2. The Bertz CT molecular complexity index is 711. The zero-order valence-corrected chi connectivity index (χ0v) is 17.2. The van der Waals surface area contributed by atoms with E-state index in [1.807, 2.05) is 26.0 Å². The Morgan fingerprint density at radius 2 is 1.43 bits per heavy atom. The van der Waals surface area contributed by atoms with Gasteiger partial charge in [0.15, 0.2) is 11.5 Å². The molecule has 9 heteroatoms. The highest BCUT2D eigenvalue weighted by Crippen LogP contribution is 2.33. The minimum absolute atomic E-state index is 0.162. The van der Waals surface area contributed by atoms with E-state index in [2.05, 4.69) is 0 Å². The second-order valence-corrected chi connectivity index (χ2v) is 8.93. The van der Waals surface area contributed by atoms with Gasteiger partial charge in [-0.15, -0.1) is 0 Å². The summed E-state index contributed by atoms with van der Waals surface area (Å²) in [6.45, 7) is 5.41. The van der Waals surface area contributed by atoms with Crippen molar-refractivity contribution in [2.45, 2.75) is 52.1 Å². The van der Waals surface area contributed by atoms with Crippen LogP contribution < -0.4 is 9.47 Å². The molecule has 5 nitrogen and oxygen atoms in total. The first-order valence-electron chi connectivity index (χ1n) is 9.62. The molecule has 1 aliphatic heterocycles. The maximum absolute atomic E-state index is 12.4.